The number of carbonyl (C=O) groups excluding carboxylic acids is 1. The average Bonchev–Trinajstić information content (AvgIpc) is 2.89. The summed E-state index contributed by atoms with van der Waals surface area (Å²) in [4.78, 5) is 12.8. The van der Waals surface area contributed by atoms with E-state index < -0.39 is 38.3 Å². The van der Waals surface area contributed by atoms with Crippen LogP contribution in [0.15, 0.2) is 119 Å². The van der Waals surface area contributed by atoms with Gasteiger partial charge in [-0.05, 0) is 72.8 Å². The molecule has 11 heteroatoms. The molecule has 0 saturated carbocycles. The number of nitrogens with one attached hydrogen (secondary N) is 2. The van der Waals surface area contributed by atoms with Crippen LogP contribution in [0.4, 0.5) is 21.5 Å². The van der Waals surface area contributed by atoms with Gasteiger partial charge in [0.15, 0.2) is 0 Å². The van der Waals surface area contributed by atoms with E-state index in [4.69, 9.17) is 0 Å². The van der Waals surface area contributed by atoms with Crippen molar-refractivity contribution in [2.45, 2.75) is 9.79 Å². The lowest BCUT2D eigenvalue weighted by Crippen LogP contribution is -2.38. The van der Waals surface area contributed by atoms with Crippen LogP contribution in [0.25, 0.3) is 0 Å². The molecule has 0 aliphatic carbocycles. The molecule has 0 radical (unpaired) electrons. The molecule has 0 aliphatic rings. The smallest absolute Gasteiger partial charge is 0.264 e. The molecule has 4 aromatic rings. The Morgan fingerprint density at radius 3 is 1.84 bits per heavy atom. The van der Waals surface area contributed by atoms with E-state index in [9.17, 15) is 26.0 Å². The minimum absolute atomic E-state index is 0.0195. The second-order valence-corrected chi connectivity index (χ2v) is 11.4. The van der Waals surface area contributed by atoms with Gasteiger partial charge in [0, 0.05) is 11.4 Å². The number of rotatable bonds is 9. The van der Waals surface area contributed by atoms with Crippen molar-refractivity contribution in [3.63, 3.8) is 0 Å². The number of hydrogen-bond donors (Lipinski definition) is 2. The highest BCUT2D eigenvalue weighted by molar-refractivity contribution is 7.93. The molecule has 0 unspecified atom stereocenters. The summed E-state index contributed by atoms with van der Waals surface area (Å²) in [5, 5.41) is 2.57. The molecule has 0 aromatic heterocycles. The van der Waals surface area contributed by atoms with Crippen LogP contribution in [0.3, 0.4) is 0 Å². The third-order valence-corrected chi connectivity index (χ3v) is 8.39. The zero-order chi connectivity index (χ0) is 26.5. The van der Waals surface area contributed by atoms with Gasteiger partial charge in [-0.2, -0.15) is 0 Å². The Morgan fingerprint density at radius 1 is 0.676 bits per heavy atom. The Bertz CT molecular complexity index is 1580. The fourth-order valence-electron chi connectivity index (χ4n) is 3.41. The maximum atomic E-state index is 13.5. The van der Waals surface area contributed by atoms with Crippen molar-refractivity contribution >= 4 is 43.0 Å². The van der Waals surface area contributed by atoms with Gasteiger partial charge < -0.3 is 5.32 Å². The van der Waals surface area contributed by atoms with E-state index in [-0.39, 0.29) is 21.2 Å². The molecule has 1 amide bonds. The van der Waals surface area contributed by atoms with Crippen LogP contribution in [-0.2, 0) is 24.8 Å². The number of sulfonamides is 2. The van der Waals surface area contributed by atoms with E-state index in [2.05, 4.69) is 10.0 Å². The van der Waals surface area contributed by atoms with Crippen LogP contribution < -0.4 is 14.3 Å². The van der Waals surface area contributed by atoms with Crippen molar-refractivity contribution in [1.29, 1.82) is 0 Å². The highest BCUT2D eigenvalue weighted by Crippen LogP contribution is 2.24. The SMILES string of the molecule is O=C(CN(c1ccc(F)cc1)S(=O)(=O)c1ccccc1)Nc1ccc(S(=O)(=O)Nc2ccccc2)cc1. The van der Waals surface area contributed by atoms with Gasteiger partial charge in [0.05, 0.1) is 15.5 Å². The van der Waals surface area contributed by atoms with Crippen molar-refractivity contribution in [3.8, 4) is 0 Å². The Balaban J connectivity index is 1.52. The monoisotopic (exact) mass is 539 g/mol. The minimum Gasteiger partial charge on any atom is -0.325 e. The lowest BCUT2D eigenvalue weighted by molar-refractivity contribution is -0.114. The van der Waals surface area contributed by atoms with Gasteiger partial charge in [0.25, 0.3) is 20.0 Å². The summed E-state index contributed by atoms with van der Waals surface area (Å²) in [5.41, 5.74) is 0.772. The van der Waals surface area contributed by atoms with E-state index in [1.54, 1.807) is 48.5 Å². The van der Waals surface area contributed by atoms with Gasteiger partial charge in [-0.1, -0.05) is 36.4 Å². The minimum atomic E-state index is -4.15. The molecular formula is C26H22FN3O5S2. The van der Waals surface area contributed by atoms with Gasteiger partial charge in [-0.3, -0.25) is 13.8 Å². The predicted molar refractivity (Wildman–Crippen MR) is 140 cm³/mol. The number of benzene rings is 4. The normalized spacial score (nSPS) is 11.5. The van der Waals surface area contributed by atoms with E-state index in [0.29, 0.717) is 5.69 Å². The summed E-state index contributed by atoms with van der Waals surface area (Å²) in [7, 11) is -8.00. The molecule has 4 rings (SSSR count). The van der Waals surface area contributed by atoms with E-state index >= 15 is 0 Å². The Morgan fingerprint density at radius 2 is 1.24 bits per heavy atom. The maximum absolute atomic E-state index is 13.5. The van der Waals surface area contributed by atoms with E-state index in [1.165, 1.54) is 48.5 Å². The van der Waals surface area contributed by atoms with Gasteiger partial charge in [-0.25, -0.2) is 21.2 Å². The summed E-state index contributed by atoms with van der Waals surface area (Å²) in [6.45, 7) is -0.599. The number of anilines is 3. The lowest BCUT2D eigenvalue weighted by Gasteiger charge is -2.24. The average molecular weight is 540 g/mol. The molecule has 4 aromatic carbocycles. The molecule has 37 heavy (non-hydrogen) atoms. The lowest BCUT2D eigenvalue weighted by atomic mass is 10.3. The quantitative estimate of drug-likeness (QED) is 0.326. The Hall–Kier alpha value is -4.22. The topological polar surface area (TPSA) is 113 Å². The third-order valence-electron chi connectivity index (χ3n) is 5.21. The van der Waals surface area contributed by atoms with Crippen LogP contribution in [0.5, 0.6) is 0 Å². The van der Waals surface area contributed by atoms with Crippen molar-refractivity contribution in [2.75, 3.05) is 20.9 Å². The van der Waals surface area contributed by atoms with Crippen LogP contribution in [0.2, 0.25) is 0 Å². The van der Waals surface area contributed by atoms with E-state index in [1.807, 2.05) is 0 Å². The molecule has 8 nitrogen and oxygen atoms in total. The van der Waals surface area contributed by atoms with Crippen molar-refractivity contribution in [3.05, 3.63) is 115 Å². The summed E-state index contributed by atoms with van der Waals surface area (Å²) in [6, 6.07) is 26.1. The molecule has 190 valence electrons. The van der Waals surface area contributed by atoms with Crippen molar-refractivity contribution in [1.82, 2.24) is 0 Å². The highest BCUT2D eigenvalue weighted by Gasteiger charge is 2.27. The number of nitrogens with zero attached hydrogens (tertiary/aromatic N) is 1. The third kappa shape index (κ3) is 6.32. The summed E-state index contributed by atoms with van der Waals surface area (Å²) >= 11 is 0. The number of halogens is 1. The first-order valence-electron chi connectivity index (χ1n) is 11.0. The first-order valence-corrected chi connectivity index (χ1v) is 13.9. The van der Waals surface area contributed by atoms with Crippen LogP contribution in [-0.4, -0.2) is 29.3 Å². The number of hydrogen-bond acceptors (Lipinski definition) is 5. The highest BCUT2D eigenvalue weighted by atomic mass is 32.2. The van der Waals surface area contributed by atoms with Gasteiger partial charge >= 0.3 is 0 Å². The molecule has 2 N–H and O–H groups in total. The second-order valence-electron chi connectivity index (χ2n) is 7.85. The fourth-order valence-corrected chi connectivity index (χ4v) is 5.91. The second kappa shape index (κ2) is 10.8. The first kappa shape index (κ1) is 25.9. The molecule has 0 spiro atoms. The molecule has 0 atom stereocenters. The zero-order valence-electron chi connectivity index (χ0n) is 19.3. The maximum Gasteiger partial charge on any atom is 0.264 e. The zero-order valence-corrected chi connectivity index (χ0v) is 20.9. The standard InChI is InChI=1S/C26H22FN3O5S2/c27-20-11-15-23(16-12-20)30(37(34,35)25-9-5-2-6-10-25)19-26(31)28-21-13-17-24(18-14-21)36(32,33)29-22-7-3-1-4-8-22/h1-18,29H,19H2,(H,28,31). The molecular weight excluding hydrogens is 517 g/mol. The van der Waals surface area contributed by atoms with E-state index in [0.717, 1.165) is 16.4 Å². The largest absolute Gasteiger partial charge is 0.325 e. The van der Waals surface area contributed by atoms with Gasteiger partial charge in [0.1, 0.15) is 12.4 Å². The van der Waals surface area contributed by atoms with Crippen LogP contribution >= 0.6 is 0 Å². The number of carbonyl (C=O) groups is 1. The molecule has 0 saturated heterocycles. The summed E-state index contributed by atoms with van der Waals surface area (Å²) in [5.74, 6) is -1.23. The predicted octanol–water partition coefficient (Wildman–Crippen LogP) is 4.46. The molecule has 0 heterocycles. The summed E-state index contributed by atoms with van der Waals surface area (Å²) in [6.07, 6.45) is 0. The van der Waals surface area contributed by atoms with Gasteiger partial charge in [-0.15, -0.1) is 0 Å². The first-order chi connectivity index (χ1) is 17.6. The number of amides is 1. The van der Waals surface area contributed by atoms with Crippen molar-refractivity contribution < 1.29 is 26.0 Å². The Kier molecular flexibility index (Phi) is 7.55. The molecule has 0 fully saturated rings. The van der Waals surface area contributed by atoms with Crippen LogP contribution in [0.1, 0.15) is 0 Å². The van der Waals surface area contributed by atoms with Crippen LogP contribution in [0, 0.1) is 5.82 Å². The fraction of sp³-hybridized carbons (Fsp3) is 0.0385. The number of para-hydroxylation sites is 1. The van der Waals surface area contributed by atoms with Gasteiger partial charge in [0.2, 0.25) is 5.91 Å². The summed E-state index contributed by atoms with van der Waals surface area (Å²) < 4.78 is 68.6. The molecule has 0 aliphatic heterocycles. The Labute approximate surface area is 214 Å². The van der Waals surface area contributed by atoms with Crippen molar-refractivity contribution in [2.24, 2.45) is 0 Å². The molecule has 0 bridgehead atoms.